The van der Waals surface area contributed by atoms with E-state index in [0.29, 0.717) is 50.5 Å². The van der Waals surface area contributed by atoms with Gasteiger partial charge in [-0.2, -0.15) is 0 Å². The van der Waals surface area contributed by atoms with E-state index in [0.717, 1.165) is 5.69 Å². The van der Waals surface area contributed by atoms with Crippen LogP contribution in [0.15, 0.2) is 24.3 Å². The maximum absolute atomic E-state index is 12.7. The van der Waals surface area contributed by atoms with Gasteiger partial charge in [-0.1, -0.05) is 17.7 Å². The van der Waals surface area contributed by atoms with Crippen molar-refractivity contribution >= 4 is 29.1 Å². The van der Waals surface area contributed by atoms with E-state index in [9.17, 15) is 19.7 Å². The number of rotatable bonds is 5. The molecule has 168 valence electrons. The van der Waals surface area contributed by atoms with Gasteiger partial charge in [0.15, 0.2) is 0 Å². The molecule has 4 atom stereocenters. The molecule has 1 aromatic rings. The van der Waals surface area contributed by atoms with Crippen LogP contribution >= 0.6 is 11.6 Å². The Balaban J connectivity index is 1.24. The van der Waals surface area contributed by atoms with Crippen LogP contribution in [-0.4, -0.2) is 72.5 Å². The summed E-state index contributed by atoms with van der Waals surface area (Å²) in [4.78, 5) is 40.1. The van der Waals surface area contributed by atoms with Gasteiger partial charge in [-0.25, -0.2) is 5.43 Å². The first kappa shape index (κ1) is 21.8. The average molecular weight is 451 g/mol. The zero-order valence-electron chi connectivity index (χ0n) is 17.1. The number of nitrogens with zero attached hydrogens (tertiary/aromatic N) is 3. The topological polar surface area (TPSA) is 120 Å². The number of hydrazine groups is 1. The third kappa shape index (κ3) is 4.91. The summed E-state index contributed by atoms with van der Waals surface area (Å²) < 4.78 is 0. The molecule has 3 aliphatic rings. The minimum absolute atomic E-state index is 0.0437. The lowest BCUT2D eigenvalue weighted by atomic mass is 9.79. The van der Waals surface area contributed by atoms with Crippen LogP contribution in [0.25, 0.3) is 0 Å². The van der Waals surface area contributed by atoms with Crippen molar-refractivity contribution in [2.24, 2.45) is 5.92 Å². The molecule has 0 aromatic heterocycles. The molecular weight excluding hydrogens is 424 g/mol. The Morgan fingerprint density at radius 2 is 1.97 bits per heavy atom. The Bertz CT molecular complexity index is 847. The van der Waals surface area contributed by atoms with Crippen molar-refractivity contribution < 1.29 is 14.5 Å². The molecule has 0 spiro atoms. The van der Waals surface area contributed by atoms with Gasteiger partial charge in [-0.15, -0.1) is 0 Å². The first-order valence-corrected chi connectivity index (χ1v) is 11.0. The highest BCUT2D eigenvalue weighted by atomic mass is 35.5. The second kappa shape index (κ2) is 9.37. The van der Waals surface area contributed by atoms with Crippen molar-refractivity contribution in [2.45, 2.75) is 37.4 Å². The third-order valence-electron chi connectivity index (χ3n) is 6.52. The second-order valence-corrected chi connectivity index (χ2v) is 8.79. The smallest absolute Gasteiger partial charge is 0.242 e. The quantitative estimate of drug-likeness (QED) is 0.438. The number of hydrogen-bond donors (Lipinski definition) is 3. The molecule has 2 heterocycles. The molecule has 2 aliphatic heterocycles. The van der Waals surface area contributed by atoms with E-state index in [1.807, 2.05) is 24.3 Å². The number of hydrogen-bond acceptors (Lipinski definition) is 7. The lowest BCUT2D eigenvalue weighted by molar-refractivity contribution is -0.528. The lowest BCUT2D eigenvalue weighted by Gasteiger charge is -2.36. The molecule has 1 aliphatic carbocycles. The Hall–Kier alpha value is -2.43. The van der Waals surface area contributed by atoms with E-state index in [1.54, 1.807) is 4.90 Å². The maximum atomic E-state index is 12.7. The predicted molar refractivity (Wildman–Crippen MR) is 115 cm³/mol. The van der Waals surface area contributed by atoms with Gasteiger partial charge in [0.1, 0.15) is 6.04 Å². The number of nitro groups is 1. The Morgan fingerprint density at radius 3 is 2.68 bits per heavy atom. The summed E-state index contributed by atoms with van der Waals surface area (Å²) >= 11 is 6.06. The van der Waals surface area contributed by atoms with E-state index >= 15 is 0 Å². The molecule has 0 radical (unpaired) electrons. The van der Waals surface area contributed by atoms with E-state index in [4.69, 9.17) is 11.6 Å². The third-order valence-corrected chi connectivity index (χ3v) is 6.76. The number of halogens is 1. The van der Waals surface area contributed by atoms with Crippen LogP contribution in [0.2, 0.25) is 5.02 Å². The highest BCUT2D eigenvalue weighted by Gasteiger charge is 2.46. The molecule has 3 fully saturated rings. The van der Waals surface area contributed by atoms with Crippen LogP contribution in [-0.2, 0) is 9.59 Å². The zero-order valence-corrected chi connectivity index (χ0v) is 17.9. The first-order valence-electron chi connectivity index (χ1n) is 10.6. The molecule has 2 amide bonds. The van der Waals surface area contributed by atoms with E-state index < -0.39 is 12.1 Å². The number of anilines is 1. The minimum atomic E-state index is -0.615. The molecule has 1 aromatic carbocycles. The Morgan fingerprint density at radius 1 is 1.19 bits per heavy atom. The molecule has 0 bridgehead atoms. The summed E-state index contributed by atoms with van der Waals surface area (Å²) in [7, 11) is 0. The summed E-state index contributed by atoms with van der Waals surface area (Å²) in [5, 5.41) is 14.5. The molecule has 1 saturated carbocycles. The molecule has 11 heteroatoms. The molecule has 10 nitrogen and oxygen atoms in total. The van der Waals surface area contributed by atoms with Crippen LogP contribution in [0.5, 0.6) is 0 Å². The largest absolute Gasteiger partial charge is 0.368 e. The highest BCUT2D eigenvalue weighted by molar-refractivity contribution is 6.30. The minimum Gasteiger partial charge on any atom is -0.368 e. The van der Waals surface area contributed by atoms with E-state index in [2.05, 4.69) is 21.1 Å². The van der Waals surface area contributed by atoms with Crippen LogP contribution in [0.1, 0.15) is 19.3 Å². The highest BCUT2D eigenvalue weighted by Crippen LogP contribution is 2.31. The summed E-state index contributed by atoms with van der Waals surface area (Å²) in [5.74, 6) is -0.580. The molecular formula is C20H27ClN6O4. The predicted octanol–water partition coefficient (Wildman–Crippen LogP) is 0.395. The van der Waals surface area contributed by atoms with Gasteiger partial charge in [0.25, 0.3) is 0 Å². The van der Waals surface area contributed by atoms with Crippen molar-refractivity contribution in [3.8, 4) is 0 Å². The fourth-order valence-corrected chi connectivity index (χ4v) is 4.94. The van der Waals surface area contributed by atoms with Crippen LogP contribution < -0.4 is 21.1 Å². The fourth-order valence-electron chi connectivity index (χ4n) is 4.76. The van der Waals surface area contributed by atoms with Crippen LogP contribution in [0.4, 0.5) is 5.69 Å². The van der Waals surface area contributed by atoms with E-state index in [-0.39, 0.29) is 35.2 Å². The normalized spacial score (nSPS) is 28.2. The summed E-state index contributed by atoms with van der Waals surface area (Å²) in [6, 6.07) is 6.49. The van der Waals surface area contributed by atoms with Gasteiger partial charge in [0, 0.05) is 66.6 Å². The Labute approximate surface area is 185 Å². The van der Waals surface area contributed by atoms with Gasteiger partial charge in [-0.05, 0) is 24.6 Å². The summed E-state index contributed by atoms with van der Waals surface area (Å²) in [6.45, 7) is 2.45. The number of fused-ring (bicyclic) bond motifs is 1. The van der Waals surface area contributed by atoms with Crippen molar-refractivity contribution in [3.63, 3.8) is 0 Å². The number of piperazine rings is 1. The van der Waals surface area contributed by atoms with E-state index in [1.165, 1.54) is 0 Å². The second-order valence-electron chi connectivity index (χ2n) is 8.35. The number of benzene rings is 1. The molecule has 3 N–H and O–H groups in total. The molecule has 31 heavy (non-hydrogen) atoms. The maximum Gasteiger partial charge on any atom is 0.242 e. The number of carbonyl (C=O) groups is 2. The van der Waals surface area contributed by atoms with Gasteiger partial charge < -0.3 is 15.1 Å². The average Bonchev–Trinajstić information content (AvgIpc) is 3.20. The first-order chi connectivity index (χ1) is 14.9. The van der Waals surface area contributed by atoms with Gasteiger partial charge in [-0.3, -0.25) is 25.1 Å². The monoisotopic (exact) mass is 450 g/mol. The van der Waals surface area contributed by atoms with Gasteiger partial charge >= 0.3 is 0 Å². The molecule has 4 rings (SSSR count). The van der Waals surface area contributed by atoms with Gasteiger partial charge in [0.2, 0.25) is 17.9 Å². The van der Waals surface area contributed by atoms with Crippen LogP contribution in [0, 0.1) is 16.0 Å². The summed E-state index contributed by atoms with van der Waals surface area (Å²) in [5.41, 5.74) is 7.07. The van der Waals surface area contributed by atoms with Gasteiger partial charge in [0.05, 0.1) is 6.54 Å². The number of nitrogens with one attached hydrogen (secondary N) is 3. The van der Waals surface area contributed by atoms with Crippen molar-refractivity contribution in [2.75, 3.05) is 37.6 Å². The number of carbonyl (C=O) groups excluding carboxylic acids is 2. The standard InChI is InChI=1S/C20H27ClN6O4/c21-13-2-1-3-14(10-13)25-6-8-26(9-7-25)18(28)12-22-20(29)19-16-11-15(27(30)31)4-5-17(16)23-24-19/h1-3,10,15-17,19,23-24H,4-9,11-12H2,(H,22,29). The molecule has 4 unspecified atom stereocenters. The molecule has 2 saturated heterocycles. The van der Waals surface area contributed by atoms with Crippen molar-refractivity contribution in [3.05, 3.63) is 39.4 Å². The zero-order chi connectivity index (χ0) is 22.0. The van der Waals surface area contributed by atoms with Crippen LogP contribution in [0.3, 0.4) is 0 Å². The SMILES string of the molecule is O=C(NCC(=O)N1CCN(c2cccc(Cl)c2)CC1)C1NNC2CCC([N+](=O)[O-])CC21. The van der Waals surface area contributed by atoms with Crippen molar-refractivity contribution in [1.29, 1.82) is 0 Å². The Kier molecular flexibility index (Phi) is 6.59. The lowest BCUT2D eigenvalue weighted by Crippen LogP contribution is -2.53. The summed E-state index contributed by atoms with van der Waals surface area (Å²) in [6.07, 6.45) is 1.52. The van der Waals surface area contributed by atoms with Crippen molar-refractivity contribution in [1.82, 2.24) is 21.1 Å². The number of amides is 2. The fraction of sp³-hybridized carbons (Fsp3) is 0.600.